The lowest BCUT2D eigenvalue weighted by Crippen LogP contribution is -2.56. The molecule has 15 heteroatoms. The van der Waals surface area contributed by atoms with E-state index < -0.39 is 29.2 Å². The second-order valence-electron chi connectivity index (χ2n) is 13.8. The molecule has 2 aromatic carbocycles. The summed E-state index contributed by atoms with van der Waals surface area (Å²) >= 11 is 11.6. The third-order valence-corrected chi connectivity index (χ3v) is 11.1. The summed E-state index contributed by atoms with van der Waals surface area (Å²) in [6.07, 6.45) is 8.80. The van der Waals surface area contributed by atoms with Gasteiger partial charge in [0.05, 0.1) is 28.4 Å². The number of halogens is 3. The standard InChI is InChI=1S/C19H15ClFN3O3.C19H16ClN3O3/c20-13-3-2-10(7-14(13)21)16-23-18(27-24-16)12-6-11-8-15(25)19(4-1-5-19)26-17(11)22-9-12;20-14-4-2-11(3-5-14)16-22-18(26-23-16)13-8-12-9-15(24)19(6-1-7-19)25-17(12)21-10-13/h2-3,6-7,9,15,25H,1,4-5,8H2;2-5,8,10,15,24H,1,6-7,9H2. The summed E-state index contributed by atoms with van der Waals surface area (Å²) in [5.74, 6) is 1.96. The van der Waals surface area contributed by atoms with Crippen LogP contribution in [0.2, 0.25) is 10.0 Å². The first-order valence-corrected chi connectivity index (χ1v) is 18.0. The van der Waals surface area contributed by atoms with Crippen molar-refractivity contribution in [2.24, 2.45) is 0 Å². The zero-order valence-electron chi connectivity index (χ0n) is 28.0. The van der Waals surface area contributed by atoms with Crippen LogP contribution in [0.1, 0.15) is 49.7 Å². The topological polar surface area (TPSA) is 163 Å². The number of rotatable bonds is 4. The van der Waals surface area contributed by atoms with Gasteiger partial charge in [-0.05, 0) is 93.1 Å². The van der Waals surface area contributed by atoms with E-state index in [0.717, 1.165) is 55.2 Å². The third kappa shape index (κ3) is 6.21. The van der Waals surface area contributed by atoms with Crippen molar-refractivity contribution >= 4 is 23.2 Å². The molecule has 2 unspecified atom stereocenters. The Morgan fingerprint density at radius 2 is 1.13 bits per heavy atom. The van der Waals surface area contributed by atoms with Crippen LogP contribution in [0.5, 0.6) is 11.8 Å². The van der Waals surface area contributed by atoms with Crippen LogP contribution in [0, 0.1) is 5.82 Å². The summed E-state index contributed by atoms with van der Waals surface area (Å²) in [6, 6.07) is 15.3. The Morgan fingerprint density at radius 1 is 0.642 bits per heavy atom. The molecular formula is C38H31Cl2FN6O6. The van der Waals surface area contributed by atoms with E-state index in [1.807, 2.05) is 24.3 Å². The first kappa shape index (κ1) is 33.9. The van der Waals surface area contributed by atoms with Crippen molar-refractivity contribution in [1.29, 1.82) is 0 Å². The van der Waals surface area contributed by atoms with Gasteiger partial charge < -0.3 is 28.7 Å². The predicted molar refractivity (Wildman–Crippen MR) is 190 cm³/mol. The molecule has 0 bridgehead atoms. The van der Waals surface area contributed by atoms with Gasteiger partial charge in [-0.1, -0.05) is 33.5 Å². The number of ether oxygens (including phenoxy) is 2. The van der Waals surface area contributed by atoms with Gasteiger partial charge in [-0.3, -0.25) is 0 Å². The van der Waals surface area contributed by atoms with Crippen LogP contribution >= 0.6 is 23.2 Å². The van der Waals surface area contributed by atoms with Gasteiger partial charge >= 0.3 is 0 Å². The Kier molecular flexibility index (Phi) is 8.41. The Morgan fingerprint density at radius 3 is 1.60 bits per heavy atom. The number of aromatic nitrogens is 6. The van der Waals surface area contributed by atoms with Crippen LogP contribution < -0.4 is 9.47 Å². The summed E-state index contributed by atoms with van der Waals surface area (Å²) in [5.41, 5.74) is 3.35. The third-order valence-electron chi connectivity index (χ3n) is 10.5. The quantitative estimate of drug-likeness (QED) is 0.183. The van der Waals surface area contributed by atoms with Crippen molar-refractivity contribution < 1.29 is 33.1 Å². The molecule has 0 saturated heterocycles. The maximum atomic E-state index is 13.7. The first-order chi connectivity index (χ1) is 25.7. The number of benzene rings is 2. The molecule has 4 aliphatic rings. The van der Waals surface area contributed by atoms with Crippen molar-refractivity contribution in [3.63, 3.8) is 0 Å². The van der Waals surface area contributed by atoms with E-state index >= 15 is 0 Å². The highest BCUT2D eigenvalue weighted by Crippen LogP contribution is 2.46. The molecule has 12 nitrogen and oxygen atoms in total. The van der Waals surface area contributed by atoms with E-state index in [1.54, 1.807) is 30.6 Å². The van der Waals surface area contributed by atoms with Gasteiger partial charge in [0.2, 0.25) is 23.4 Å². The van der Waals surface area contributed by atoms with Gasteiger partial charge in [-0.2, -0.15) is 9.97 Å². The number of fused-ring (bicyclic) bond motifs is 2. The molecule has 2 spiro atoms. The summed E-state index contributed by atoms with van der Waals surface area (Å²) < 4.78 is 36.3. The highest BCUT2D eigenvalue weighted by Gasteiger charge is 2.50. The van der Waals surface area contributed by atoms with Crippen molar-refractivity contribution in [1.82, 2.24) is 30.2 Å². The highest BCUT2D eigenvalue weighted by molar-refractivity contribution is 6.31. The second kappa shape index (κ2) is 13.2. The van der Waals surface area contributed by atoms with Gasteiger partial charge in [0.15, 0.2) is 0 Å². The van der Waals surface area contributed by atoms with E-state index in [1.165, 1.54) is 12.1 Å². The maximum Gasteiger partial charge on any atom is 0.259 e. The molecule has 6 heterocycles. The van der Waals surface area contributed by atoms with Crippen molar-refractivity contribution in [3.05, 3.63) is 94.0 Å². The lowest BCUT2D eigenvalue weighted by atomic mass is 9.73. The van der Waals surface area contributed by atoms with Crippen LogP contribution in [0.4, 0.5) is 4.39 Å². The van der Waals surface area contributed by atoms with Gasteiger partial charge in [0.1, 0.15) is 17.0 Å². The van der Waals surface area contributed by atoms with E-state index in [9.17, 15) is 14.6 Å². The number of hydrogen-bond acceptors (Lipinski definition) is 12. The fraction of sp³-hybridized carbons (Fsp3) is 0.316. The van der Waals surface area contributed by atoms with Crippen LogP contribution in [0.3, 0.4) is 0 Å². The molecule has 2 N–H and O–H groups in total. The number of hydrogen-bond donors (Lipinski definition) is 2. The zero-order chi connectivity index (χ0) is 36.3. The average Bonchev–Trinajstić information content (AvgIpc) is 3.83. The molecule has 2 aliphatic carbocycles. The fourth-order valence-electron chi connectivity index (χ4n) is 7.09. The van der Waals surface area contributed by atoms with Crippen LogP contribution in [0.25, 0.3) is 45.7 Å². The second-order valence-corrected chi connectivity index (χ2v) is 14.7. The van der Waals surface area contributed by atoms with E-state index in [2.05, 4.69) is 30.2 Å². The predicted octanol–water partition coefficient (Wildman–Crippen LogP) is 7.48. The number of aliphatic hydroxyl groups excluding tert-OH is 2. The SMILES string of the molecule is OC1Cc2cc(-c3nc(-c4ccc(Cl)c(F)c4)no3)cnc2OC12CCC2.OC1Cc2cc(-c3nc(-c4ccc(Cl)cc4)no3)cnc2OC12CCC2. The van der Waals surface area contributed by atoms with Crippen LogP contribution in [-0.2, 0) is 12.8 Å². The fourth-order valence-corrected chi connectivity index (χ4v) is 7.33. The molecule has 2 atom stereocenters. The van der Waals surface area contributed by atoms with E-state index in [0.29, 0.717) is 58.0 Å². The Hall–Kier alpha value is -4.95. The lowest BCUT2D eigenvalue weighted by molar-refractivity contribution is -0.118. The molecule has 2 saturated carbocycles. The van der Waals surface area contributed by atoms with Crippen LogP contribution in [-0.4, -0.2) is 63.9 Å². The molecule has 2 aliphatic heterocycles. The van der Waals surface area contributed by atoms with Crippen LogP contribution in [0.15, 0.2) is 76.0 Å². The zero-order valence-corrected chi connectivity index (χ0v) is 29.5. The number of aliphatic hydroxyl groups is 2. The molecule has 0 radical (unpaired) electrons. The monoisotopic (exact) mass is 756 g/mol. The minimum absolute atomic E-state index is 0.0316. The van der Waals surface area contributed by atoms with Crippen molar-refractivity contribution in [2.45, 2.75) is 74.8 Å². The normalized spacial score (nSPS) is 20.2. The van der Waals surface area contributed by atoms with Gasteiger partial charge in [0.25, 0.3) is 11.8 Å². The summed E-state index contributed by atoms with van der Waals surface area (Å²) in [6.45, 7) is 0. The summed E-state index contributed by atoms with van der Waals surface area (Å²) in [4.78, 5) is 17.6. The minimum Gasteiger partial charge on any atom is -0.468 e. The smallest absolute Gasteiger partial charge is 0.259 e. The first-order valence-electron chi connectivity index (χ1n) is 17.3. The van der Waals surface area contributed by atoms with Crippen molar-refractivity contribution in [2.75, 3.05) is 0 Å². The Bertz CT molecular complexity index is 2330. The molecule has 270 valence electrons. The minimum atomic E-state index is -0.550. The van der Waals surface area contributed by atoms with Gasteiger partial charge in [-0.15, -0.1) is 0 Å². The molecule has 6 aromatic rings. The summed E-state index contributed by atoms with van der Waals surface area (Å²) in [7, 11) is 0. The maximum absolute atomic E-state index is 13.7. The van der Waals surface area contributed by atoms with E-state index in [-0.39, 0.29) is 16.7 Å². The van der Waals surface area contributed by atoms with Gasteiger partial charge in [0, 0.05) is 52.5 Å². The molecule has 0 amide bonds. The van der Waals surface area contributed by atoms with Crippen molar-refractivity contribution in [3.8, 4) is 57.4 Å². The average molecular weight is 758 g/mol. The Labute approximate surface area is 311 Å². The van der Waals surface area contributed by atoms with E-state index in [4.69, 9.17) is 41.7 Å². The van der Waals surface area contributed by atoms with Gasteiger partial charge in [-0.25, -0.2) is 14.4 Å². The number of pyridine rings is 2. The molecule has 4 aromatic heterocycles. The lowest BCUT2D eigenvalue weighted by Gasteiger charge is -2.47. The molecular weight excluding hydrogens is 726 g/mol. The Balaban J connectivity index is 0.000000141. The highest BCUT2D eigenvalue weighted by atomic mass is 35.5. The summed E-state index contributed by atoms with van der Waals surface area (Å²) in [5, 5.41) is 29.5. The largest absolute Gasteiger partial charge is 0.468 e. The molecule has 53 heavy (non-hydrogen) atoms. The molecule has 10 rings (SSSR count). The number of nitrogens with zero attached hydrogens (tertiary/aromatic N) is 6. The molecule has 2 fully saturated rings.